The Balaban J connectivity index is 1.98. The van der Waals surface area contributed by atoms with Crippen molar-refractivity contribution in [3.8, 4) is 38.0 Å². The summed E-state index contributed by atoms with van der Waals surface area (Å²) in [5, 5.41) is 17.1. The van der Waals surface area contributed by atoms with E-state index in [9.17, 15) is 31.7 Å². The lowest BCUT2D eigenvalue weighted by atomic mass is 9.93. The van der Waals surface area contributed by atoms with Crippen LogP contribution in [-0.4, -0.2) is 24.9 Å². The number of hydrogen-bond donors (Lipinski definition) is 1. The molecule has 8 nitrogen and oxygen atoms in total. The molecule has 13 heteroatoms. The van der Waals surface area contributed by atoms with Crippen molar-refractivity contribution in [2.45, 2.75) is 38.3 Å². The molecular formula is C28H26F3N3O5S2. The SMILES string of the molecule is CC(C)(C)CCOc1cccc(-c2sc(-c3c([N+](=O)[O-])cccc3S(N)(=O)=O)nc2-c2ccccc2C(F)(F)F)c1. The van der Waals surface area contributed by atoms with E-state index in [0.717, 1.165) is 42.0 Å². The van der Waals surface area contributed by atoms with Crippen LogP contribution >= 0.6 is 11.3 Å². The molecule has 4 rings (SSSR count). The van der Waals surface area contributed by atoms with E-state index in [0.29, 0.717) is 17.9 Å². The molecule has 0 saturated carbocycles. The van der Waals surface area contributed by atoms with Crippen LogP contribution in [0.1, 0.15) is 32.8 Å². The fraction of sp³-hybridized carbons (Fsp3) is 0.250. The van der Waals surface area contributed by atoms with Crippen molar-refractivity contribution < 1.29 is 31.2 Å². The topological polar surface area (TPSA) is 125 Å². The summed E-state index contributed by atoms with van der Waals surface area (Å²) in [6.07, 6.45) is -3.99. The van der Waals surface area contributed by atoms with Crippen molar-refractivity contribution in [2.75, 3.05) is 6.61 Å². The van der Waals surface area contributed by atoms with E-state index in [1.165, 1.54) is 18.2 Å². The summed E-state index contributed by atoms with van der Waals surface area (Å²) in [5.74, 6) is 0.465. The number of nitro benzene ring substituents is 1. The normalized spacial score (nSPS) is 12.4. The first kappa shape index (κ1) is 30.2. The smallest absolute Gasteiger partial charge is 0.417 e. The van der Waals surface area contributed by atoms with Gasteiger partial charge in [0.1, 0.15) is 16.3 Å². The highest BCUT2D eigenvalue weighted by Crippen LogP contribution is 2.47. The molecule has 4 aromatic rings. The minimum absolute atomic E-state index is 0.0180. The number of aromatic nitrogens is 1. The standard InChI is InChI=1S/C28H26F3N3O5S2/c1-27(2,3)14-15-39-18-9-6-8-17(16-18)25-24(19-10-4-5-11-20(19)28(29,30)31)33-26(40-25)23-21(34(35)36)12-7-13-22(23)41(32,37)38/h4-13,16H,14-15H2,1-3H3,(H2,32,37,38). The third-order valence-corrected chi connectivity index (χ3v) is 8.13. The lowest BCUT2D eigenvalue weighted by Gasteiger charge is -2.18. The number of primary sulfonamides is 1. The molecule has 1 heterocycles. The maximum atomic E-state index is 14.1. The minimum atomic E-state index is -4.74. The Bertz CT molecular complexity index is 1710. The minimum Gasteiger partial charge on any atom is -0.494 e. The number of halogens is 3. The van der Waals surface area contributed by atoms with Crippen molar-refractivity contribution >= 4 is 27.0 Å². The van der Waals surface area contributed by atoms with Crippen molar-refractivity contribution in [1.29, 1.82) is 0 Å². The van der Waals surface area contributed by atoms with Gasteiger partial charge < -0.3 is 4.74 Å². The summed E-state index contributed by atoms with van der Waals surface area (Å²) < 4.78 is 72.9. The first-order chi connectivity index (χ1) is 19.1. The summed E-state index contributed by atoms with van der Waals surface area (Å²) in [6, 6.07) is 14.8. The predicted molar refractivity (Wildman–Crippen MR) is 151 cm³/mol. The Morgan fingerprint density at radius 3 is 2.34 bits per heavy atom. The molecule has 41 heavy (non-hydrogen) atoms. The summed E-state index contributed by atoms with van der Waals surface area (Å²) in [6.45, 7) is 6.59. The van der Waals surface area contributed by atoms with Crippen LogP contribution in [0, 0.1) is 15.5 Å². The van der Waals surface area contributed by atoms with E-state index in [4.69, 9.17) is 9.88 Å². The van der Waals surface area contributed by atoms with Crippen molar-refractivity contribution in [3.63, 3.8) is 0 Å². The third-order valence-electron chi connectivity index (χ3n) is 6.05. The lowest BCUT2D eigenvalue weighted by Crippen LogP contribution is -2.14. The monoisotopic (exact) mass is 605 g/mol. The largest absolute Gasteiger partial charge is 0.494 e. The molecule has 0 aliphatic heterocycles. The second kappa shape index (κ2) is 11.2. The van der Waals surface area contributed by atoms with E-state index in [1.807, 2.05) is 0 Å². The second-order valence-corrected chi connectivity index (χ2v) is 12.9. The molecule has 0 saturated heterocycles. The van der Waals surface area contributed by atoms with Gasteiger partial charge >= 0.3 is 6.18 Å². The number of nitrogens with two attached hydrogens (primary N) is 1. The van der Waals surface area contributed by atoms with Crippen LogP contribution in [0.3, 0.4) is 0 Å². The van der Waals surface area contributed by atoms with Gasteiger partial charge in [-0.15, -0.1) is 11.3 Å². The Hall–Kier alpha value is -3.81. The van der Waals surface area contributed by atoms with E-state index >= 15 is 0 Å². The van der Waals surface area contributed by atoms with Crippen LogP contribution < -0.4 is 9.88 Å². The average Bonchev–Trinajstić information content (AvgIpc) is 3.32. The van der Waals surface area contributed by atoms with E-state index in [2.05, 4.69) is 25.8 Å². The Kier molecular flexibility index (Phi) is 8.25. The molecule has 0 fully saturated rings. The van der Waals surface area contributed by atoms with Crippen LogP contribution in [-0.2, 0) is 16.2 Å². The van der Waals surface area contributed by atoms with E-state index < -0.39 is 42.8 Å². The molecule has 0 spiro atoms. The van der Waals surface area contributed by atoms with Gasteiger partial charge in [0.2, 0.25) is 10.0 Å². The molecule has 1 aromatic heterocycles. The number of ether oxygens (including phenoxy) is 1. The Morgan fingerprint density at radius 2 is 1.71 bits per heavy atom. The molecule has 0 unspecified atom stereocenters. The van der Waals surface area contributed by atoms with Gasteiger partial charge in [0.25, 0.3) is 5.69 Å². The third kappa shape index (κ3) is 6.92. The van der Waals surface area contributed by atoms with Crippen LogP contribution in [0.25, 0.3) is 32.3 Å². The zero-order chi connectivity index (χ0) is 30.2. The highest BCUT2D eigenvalue weighted by atomic mass is 32.2. The highest BCUT2D eigenvalue weighted by molar-refractivity contribution is 7.89. The Morgan fingerprint density at radius 1 is 1.02 bits per heavy atom. The fourth-order valence-electron chi connectivity index (χ4n) is 4.07. The van der Waals surface area contributed by atoms with Crippen LogP contribution in [0.5, 0.6) is 5.75 Å². The number of nitro groups is 1. The molecule has 0 bridgehead atoms. The van der Waals surface area contributed by atoms with E-state index in [1.54, 1.807) is 24.3 Å². The molecule has 3 aromatic carbocycles. The molecule has 0 amide bonds. The quantitative estimate of drug-likeness (QED) is 0.163. The second-order valence-electron chi connectivity index (χ2n) is 10.4. The number of thiazole rings is 1. The number of benzene rings is 3. The van der Waals surface area contributed by atoms with Gasteiger partial charge in [-0.1, -0.05) is 57.2 Å². The van der Waals surface area contributed by atoms with Gasteiger partial charge in [0, 0.05) is 11.6 Å². The number of rotatable bonds is 8. The number of hydrogen-bond acceptors (Lipinski definition) is 7. The molecule has 0 aliphatic rings. The zero-order valence-corrected chi connectivity index (χ0v) is 23.9. The molecule has 0 radical (unpaired) electrons. The molecular weight excluding hydrogens is 579 g/mol. The molecule has 216 valence electrons. The van der Waals surface area contributed by atoms with Gasteiger partial charge in [-0.05, 0) is 41.7 Å². The van der Waals surface area contributed by atoms with E-state index in [-0.39, 0.29) is 26.6 Å². The zero-order valence-electron chi connectivity index (χ0n) is 22.2. The number of alkyl halides is 3. The van der Waals surface area contributed by atoms with Gasteiger partial charge in [0.15, 0.2) is 0 Å². The lowest BCUT2D eigenvalue weighted by molar-refractivity contribution is -0.384. The fourth-order valence-corrected chi connectivity index (χ4v) is 6.03. The predicted octanol–water partition coefficient (Wildman–Crippen LogP) is 7.53. The van der Waals surface area contributed by atoms with Crippen LogP contribution in [0.2, 0.25) is 0 Å². The molecule has 2 N–H and O–H groups in total. The van der Waals surface area contributed by atoms with Gasteiger partial charge in [0.05, 0.1) is 32.6 Å². The first-order valence-corrected chi connectivity index (χ1v) is 14.6. The first-order valence-electron chi connectivity index (χ1n) is 12.3. The maximum absolute atomic E-state index is 14.1. The van der Waals surface area contributed by atoms with Crippen LogP contribution in [0.4, 0.5) is 18.9 Å². The maximum Gasteiger partial charge on any atom is 0.417 e. The van der Waals surface area contributed by atoms with Crippen LogP contribution in [0.15, 0.2) is 71.6 Å². The molecule has 0 atom stereocenters. The summed E-state index contributed by atoms with van der Waals surface area (Å²) in [7, 11) is -4.47. The highest BCUT2D eigenvalue weighted by Gasteiger charge is 2.36. The Labute approximate surface area is 238 Å². The molecule has 0 aliphatic carbocycles. The van der Waals surface area contributed by atoms with Gasteiger partial charge in [-0.2, -0.15) is 13.2 Å². The van der Waals surface area contributed by atoms with Crippen molar-refractivity contribution in [1.82, 2.24) is 4.98 Å². The van der Waals surface area contributed by atoms with Crippen molar-refractivity contribution in [3.05, 3.63) is 82.4 Å². The van der Waals surface area contributed by atoms with Crippen molar-refractivity contribution in [2.24, 2.45) is 10.6 Å². The number of nitrogens with zero attached hydrogens (tertiary/aromatic N) is 2. The summed E-state index contributed by atoms with van der Waals surface area (Å²) in [5.41, 5.74) is -1.92. The summed E-state index contributed by atoms with van der Waals surface area (Å²) in [4.78, 5) is 15.2. The summed E-state index contributed by atoms with van der Waals surface area (Å²) >= 11 is 0.820. The van der Waals surface area contributed by atoms with Gasteiger partial charge in [-0.3, -0.25) is 10.1 Å². The van der Waals surface area contributed by atoms with Gasteiger partial charge in [-0.25, -0.2) is 18.5 Å². The average molecular weight is 606 g/mol. The number of sulfonamides is 1.